The van der Waals surface area contributed by atoms with Crippen LogP contribution in [0, 0.1) is 0 Å². The molecule has 1 aromatic rings. The number of rotatable bonds is 3. The fourth-order valence-electron chi connectivity index (χ4n) is 1.81. The van der Waals surface area contributed by atoms with Crippen LogP contribution >= 0.6 is 39.0 Å². The number of halogens is 1. The molecule has 1 saturated heterocycles. The Labute approximate surface area is 105 Å². The molecule has 0 saturated carbocycles. The summed E-state index contributed by atoms with van der Waals surface area (Å²) in [6.45, 7) is 0. The van der Waals surface area contributed by atoms with Gasteiger partial charge in [0.2, 0.25) is 0 Å². The van der Waals surface area contributed by atoms with E-state index in [1.54, 1.807) is 23.1 Å². The van der Waals surface area contributed by atoms with Crippen LogP contribution in [0.2, 0.25) is 0 Å². The van der Waals surface area contributed by atoms with Gasteiger partial charge in [-0.1, -0.05) is 0 Å². The highest BCUT2D eigenvalue weighted by molar-refractivity contribution is 9.11. The molecule has 2 nitrogen and oxygen atoms in total. The first kappa shape index (κ1) is 11.5. The summed E-state index contributed by atoms with van der Waals surface area (Å²) in [7, 11) is 0. The molecule has 1 aliphatic rings. The topological polar surface area (TPSA) is 37.3 Å². The van der Waals surface area contributed by atoms with Crippen LogP contribution in [0.5, 0.6) is 0 Å². The highest BCUT2D eigenvalue weighted by atomic mass is 79.9. The molecular weight excluding hydrogens is 296 g/mol. The number of thioether (sulfide) groups is 1. The number of carboxylic acids is 1. The van der Waals surface area contributed by atoms with E-state index in [9.17, 15) is 9.90 Å². The van der Waals surface area contributed by atoms with E-state index in [0.29, 0.717) is 6.42 Å². The van der Waals surface area contributed by atoms with E-state index in [-0.39, 0.29) is 0 Å². The fraction of sp³-hybridized carbons (Fsp3) is 0.500. The minimum atomic E-state index is -0.658. The largest absolute Gasteiger partial charge is 0.480 e. The van der Waals surface area contributed by atoms with E-state index in [1.165, 1.54) is 0 Å². The Bertz CT molecular complexity index is 369. The molecule has 1 aliphatic heterocycles. The van der Waals surface area contributed by atoms with Crippen LogP contribution in [-0.4, -0.2) is 21.6 Å². The van der Waals surface area contributed by atoms with Crippen LogP contribution in [0.1, 0.15) is 17.7 Å². The van der Waals surface area contributed by atoms with E-state index in [0.717, 1.165) is 27.3 Å². The zero-order valence-electron chi connectivity index (χ0n) is 8.03. The van der Waals surface area contributed by atoms with Crippen molar-refractivity contribution in [1.82, 2.24) is 0 Å². The van der Waals surface area contributed by atoms with Crippen LogP contribution in [0.15, 0.2) is 15.9 Å². The van der Waals surface area contributed by atoms with Gasteiger partial charge in [0.05, 0.1) is 3.79 Å². The maximum Gasteiger partial charge on any atom is 0.320 e. The minimum Gasteiger partial charge on any atom is -0.480 e. The molecule has 1 unspecified atom stereocenters. The van der Waals surface area contributed by atoms with E-state index in [1.807, 2.05) is 12.1 Å². The average molecular weight is 307 g/mol. The Morgan fingerprint density at radius 3 is 2.87 bits per heavy atom. The molecule has 0 aromatic carbocycles. The summed E-state index contributed by atoms with van der Waals surface area (Å²) < 4.78 is 0.505. The number of hydrogen-bond acceptors (Lipinski definition) is 3. The fourth-order valence-corrected chi connectivity index (χ4v) is 4.85. The molecule has 5 heteroatoms. The van der Waals surface area contributed by atoms with Crippen LogP contribution < -0.4 is 0 Å². The molecular formula is C10H11BrO2S2. The predicted octanol–water partition coefficient (Wildman–Crippen LogP) is 3.40. The summed E-state index contributed by atoms with van der Waals surface area (Å²) >= 11 is 6.62. The lowest BCUT2D eigenvalue weighted by Gasteiger charge is -2.21. The van der Waals surface area contributed by atoms with Crippen molar-refractivity contribution in [2.45, 2.75) is 24.0 Å². The second-order valence-corrected chi connectivity index (χ2v) is 7.66. The SMILES string of the molecule is O=C(O)C1(Cc2ccc(Br)s2)CCCS1. The zero-order chi connectivity index (χ0) is 10.9. The van der Waals surface area contributed by atoms with Gasteiger partial charge in [0.1, 0.15) is 4.75 Å². The molecule has 2 heterocycles. The third-order valence-corrected chi connectivity index (χ3v) is 5.77. The third kappa shape index (κ3) is 2.40. The van der Waals surface area contributed by atoms with Gasteiger partial charge >= 0.3 is 5.97 Å². The van der Waals surface area contributed by atoms with Crippen LogP contribution in [0.4, 0.5) is 0 Å². The van der Waals surface area contributed by atoms with Crippen molar-refractivity contribution in [3.05, 3.63) is 20.8 Å². The normalized spacial score (nSPS) is 25.7. The minimum absolute atomic E-state index is 0.565. The molecule has 1 N–H and O–H groups in total. The number of thiophene rings is 1. The van der Waals surface area contributed by atoms with Gasteiger partial charge in [0.25, 0.3) is 0 Å². The molecule has 0 bridgehead atoms. The molecule has 0 spiro atoms. The van der Waals surface area contributed by atoms with Gasteiger partial charge in [-0.15, -0.1) is 23.1 Å². The van der Waals surface area contributed by atoms with Gasteiger partial charge in [-0.05, 0) is 46.7 Å². The third-order valence-electron chi connectivity index (χ3n) is 2.58. The first-order valence-electron chi connectivity index (χ1n) is 4.74. The average Bonchev–Trinajstić information content (AvgIpc) is 2.77. The maximum atomic E-state index is 11.3. The number of aliphatic carboxylic acids is 1. The van der Waals surface area contributed by atoms with Gasteiger partial charge in [0.15, 0.2) is 0 Å². The second-order valence-electron chi connectivity index (χ2n) is 3.63. The van der Waals surface area contributed by atoms with Crippen molar-refractivity contribution in [1.29, 1.82) is 0 Å². The van der Waals surface area contributed by atoms with Gasteiger partial charge in [-0.2, -0.15) is 0 Å². The van der Waals surface area contributed by atoms with Crippen molar-refractivity contribution < 1.29 is 9.90 Å². The number of carboxylic acid groups (broad SMARTS) is 1. The monoisotopic (exact) mass is 306 g/mol. The van der Waals surface area contributed by atoms with E-state index in [2.05, 4.69) is 15.9 Å². The lowest BCUT2D eigenvalue weighted by molar-refractivity contribution is -0.139. The summed E-state index contributed by atoms with van der Waals surface area (Å²) in [5.41, 5.74) is 0. The zero-order valence-corrected chi connectivity index (χ0v) is 11.3. The van der Waals surface area contributed by atoms with Crippen molar-refractivity contribution in [3.63, 3.8) is 0 Å². The molecule has 1 aromatic heterocycles. The highest BCUT2D eigenvalue weighted by Crippen LogP contribution is 2.42. The molecule has 2 rings (SSSR count). The van der Waals surface area contributed by atoms with E-state index in [4.69, 9.17) is 0 Å². The van der Waals surface area contributed by atoms with Gasteiger partial charge in [-0.25, -0.2) is 0 Å². The van der Waals surface area contributed by atoms with Crippen molar-refractivity contribution in [3.8, 4) is 0 Å². The lowest BCUT2D eigenvalue weighted by Crippen LogP contribution is -2.34. The van der Waals surface area contributed by atoms with Gasteiger partial charge in [0, 0.05) is 11.3 Å². The Kier molecular flexibility index (Phi) is 3.42. The van der Waals surface area contributed by atoms with E-state index >= 15 is 0 Å². The Morgan fingerprint density at radius 1 is 1.60 bits per heavy atom. The van der Waals surface area contributed by atoms with Crippen molar-refractivity contribution in [2.24, 2.45) is 0 Å². The quantitative estimate of drug-likeness (QED) is 0.930. The molecule has 0 aliphatic carbocycles. The standard InChI is InChI=1S/C10H11BrO2S2/c11-8-3-2-7(15-8)6-10(9(12)13)4-1-5-14-10/h2-3H,1,4-6H2,(H,12,13). The second kappa shape index (κ2) is 4.47. The first-order valence-corrected chi connectivity index (χ1v) is 7.33. The lowest BCUT2D eigenvalue weighted by atomic mass is 9.98. The molecule has 82 valence electrons. The highest BCUT2D eigenvalue weighted by Gasteiger charge is 2.42. The van der Waals surface area contributed by atoms with Crippen LogP contribution in [0.25, 0.3) is 0 Å². The molecule has 1 fully saturated rings. The van der Waals surface area contributed by atoms with Crippen LogP contribution in [0.3, 0.4) is 0 Å². The molecule has 0 amide bonds. The van der Waals surface area contributed by atoms with Crippen molar-refractivity contribution in [2.75, 3.05) is 5.75 Å². The Hall–Kier alpha value is -0.000000000000000111. The summed E-state index contributed by atoms with van der Waals surface area (Å²) in [6, 6.07) is 3.99. The van der Waals surface area contributed by atoms with Crippen LogP contribution in [-0.2, 0) is 11.2 Å². The summed E-state index contributed by atoms with van der Waals surface area (Å²) in [5, 5.41) is 9.30. The Morgan fingerprint density at radius 2 is 2.40 bits per heavy atom. The smallest absolute Gasteiger partial charge is 0.320 e. The molecule has 0 radical (unpaired) electrons. The summed E-state index contributed by atoms with van der Waals surface area (Å²) in [4.78, 5) is 12.5. The molecule has 15 heavy (non-hydrogen) atoms. The van der Waals surface area contributed by atoms with E-state index < -0.39 is 10.7 Å². The maximum absolute atomic E-state index is 11.3. The van der Waals surface area contributed by atoms with Gasteiger partial charge < -0.3 is 5.11 Å². The predicted molar refractivity (Wildman–Crippen MR) is 67.8 cm³/mol. The number of hydrogen-bond donors (Lipinski definition) is 1. The Balaban J connectivity index is 2.17. The first-order chi connectivity index (χ1) is 7.12. The number of carbonyl (C=O) groups is 1. The molecule has 1 atom stereocenters. The van der Waals surface area contributed by atoms with Crippen molar-refractivity contribution >= 4 is 45.0 Å². The summed E-state index contributed by atoms with van der Waals surface area (Å²) in [6.07, 6.45) is 2.47. The summed E-state index contributed by atoms with van der Waals surface area (Å²) in [5.74, 6) is 0.313. The van der Waals surface area contributed by atoms with Gasteiger partial charge in [-0.3, -0.25) is 4.79 Å².